The molecule has 4 atom stereocenters. The number of non-ortho nitro benzene ring substituents is 1. The third-order valence-electron chi connectivity index (χ3n) is 8.02. The summed E-state index contributed by atoms with van der Waals surface area (Å²) < 4.78 is 17.2. The van der Waals surface area contributed by atoms with E-state index in [1.807, 2.05) is 6.07 Å². The largest absolute Gasteiger partial charge is 0.519 e. The molecule has 0 unspecified atom stereocenters. The molecule has 3 aliphatic carbocycles. The minimum atomic E-state index is -0.970. The van der Waals surface area contributed by atoms with E-state index in [1.54, 1.807) is 6.07 Å². The molecule has 2 aromatic carbocycles. The van der Waals surface area contributed by atoms with Crippen molar-refractivity contribution in [2.45, 2.75) is 55.6 Å². The number of rotatable bonds is 3. The van der Waals surface area contributed by atoms with Crippen molar-refractivity contribution >= 4 is 11.8 Å². The number of carbonyl (C=O) groups is 1. The summed E-state index contributed by atoms with van der Waals surface area (Å²) >= 11 is 0. The Hall–Kier alpha value is -3.39. The third-order valence-corrected chi connectivity index (χ3v) is 8.02. The average Bonchev–Trinajstić information content (AvgIpc) is 3.13. The lowest BCUT2D eigenvalue weighted by Crippen LogP contribution is -2.68. The van der Waals surface area contributed by atoms with Gasteiger partial charge in [0.2, 0.25) is 0 Å². The van der Waals surface area contributed by atoms with Crippen molar-refractivity contribution in [1.82, 2.24) is 0 Å². The first-order valence-electron chi connectivity index (χ1n) is 11.2. The van der Waals surface area contributed by atoms with Crippen LogP contribution in [-0.2, 0) is 11.8 Å². The molecule has 2 saturated carbocycles. The zero-order valence-electron chi connectivity index (χ0n) is 17.9. The van der Waals surface area contributed by atoms with Gasteiger partial charge >= 0.3 is 6.16 Å². The standard InChI is InChI=1S/C25H23NO7/c1-14-10-12-25(28)16-3-2-11-24(25)20-15(13-16)4-9-19(21(20)33-22(14)24)32-23(27)31-18-7-5-17(6-8-18)26(29)30/h4-9,16,22,28H,1-3,10-13H2/t16-,22+,24+,25-/m1/s1. The Kier molecular flexibility index (Phi) is 4.17. The van der Waals surface area contributed by atoms with Crippen LogP contribution in [-0.4, -0.2) is 27.9 Å². The quantitative estimate of drug-likeness (QED) is 0.240. The normalized spacial score (nSPS) is 30.8. The lowest BCUT2D eigenvalue weighted by atomic mass is 9.45. The number of hydrogen-bond donors (Lipinski definition) is 1. The Balaban J connectivity index is 1.34. The van der Waals surface area contributed by atoms with Gasteiger partial charge < -0.3 is 19.3 Å². The molecule has 8 heteroatoms. The van der Waals surface area contributed by atoms with Crippen molar-refractivity contribution in [3.63, 3.8) is 0 Å². The van der Waals surface area contributed by atoms with Crippen molar-refractivity contribution in [3.05, 3.63) is 69.8 Å². The van der Waals surface area contributed by atoms with Crippen molar-refractivity contribution in [2.24, 2.45) is 5.92 Å². The Bertz CT molecular complexity index is 1210. The number of nitrogens with zero attached hydrogens (tertiary/aromatic N) is 1. The number of benzene rings is 2. The first-order chi connectivity index (χ1) is 15.8. The summed E-state index contributed by atoms with van der Waals surface area (Å²) in [6.07, 6.45) is 3.64. The van der Waals surface area contributed by atoms with Crippen LogP contribution in [0.3, 0.4) is 0 Å². The first kappa shape index (κ1) is 20.2. The topological polar surface area (TPSA) is 108 Å². The first-order valence-corrected chi connectivity index (χ1v) is 11.2. The van der Waals surface area contributed by atoms with Crippen LogP contribution in [0.1, 0.15) is 43.2 Å². The van der Waals surface area contributed by atoms with Gasteiger partial charge in [-0.05, 0) is 67.4 Å². The van der Waals surface area contributed by atoms with Crippen LogP contribution in [0, 0.1) is 16.0 Å². The third kappa shape index (κ3) is 2.64. The minimum absolute atomic E-state index is 0.104. The predicted molar refractivity (Wildman–Crippen MR) is 117 cm³/mol. The zero-order valence-corrected chi connectivity index (χ0v) is 17.9. The molecule has 2 bridgehead atoms. The maximum absolute atomic E-state index is 12.5. The molecule has 1 aliphatic heterocycles. The fourth-order valence-corrected chi connectivity index (χ4v) is 6.68. The highest BCUT2D eigenvalue weighted by molar-refractivity contribution is 5.71. The SMILES string of the molecule is C=C1CC[C@@]2(O)[C@@H]3CCC[C@@]24c2c(ccc(OC(=O)Oc5ccc([N+](=O)[O-])cc5)c2O[C@@H]14)C3. The molecule has 170 valence electrons. The fraction of sp³-hybridized carbons (Fsp3) is 0.400. The van der Waals surface area contributed by atoms with Crippen molar-refractivity contribution in [3.8, 4) is 17.2 Å². The maximum atomic E-state index is 12.5. The van der Waals surface area contributed by atoms with Crippen molar-refractivity contribution in [1.29, 1.82) is 0 Å². The molecule has 1 spiro atoms. The second-order valence-electron chi connectivity index (χ2n) is 9.48. The van der Waals surface area contributed by atoms with E-state index in [4.69, 9.17) is 14.2 Å². The van der Waals surface area contributed by atoms with Gasteiger partial charge in [-0.3, -0.25) is 10.1 Å². The van der Waals surface area contributed by atoms with E-state index in [0.29, 0.717) is 18.6 Å². The Morgan fingerprint density at radius 3 is 2.73 bits per heavy atom. The number of carbonyl (C=O) groups excluding carboxylic acids is 1. The Morgan fingerprint density at radius 2 is 1.97 bits per heavy atom. The van der Waals surface area contributed by atoms with Crippen LogP contribution in [0.15, 0.2) is 48.6 Å². The lowest BCUT2D eigenvalue weighted by molar-refractivity contribution is -0.384. The average molecular weight is 449 g/mol. The van der Waals surface area contributed by atoms with Gasteiger partial charge in [-0.15, -0.1) is 0 Å². The minimum Gasteiger partial charge on any atom is -0.481 e. The van der Waals surface area contributed by atoms with E-state index in [-0.39, 0.29) is 29.2 Å². The Morgan fingerprint density at radius 1 is 1.18 bits per heavy atom. The van der Waals surface area contributed by atoms with Gasteiger partial charge in [0.15, 0.2) is 11.5 Å². The molecule has 2 fully saturated rings. The summed E-state index contributed by atoms with van der Waals surface area (Å²) in [6, 6.07) is 8.83. The van der Waals surface area contributed by atoms with Gasteiger partial charge in [0.05, 0.1) is 15.9 Å². The molecule has 6 rings (SSSR count). The zero-order chi connectivity index (χ0) is 23.0. The van der Waals surface area contributed by atoms with E-state index >= 15 is 0 Å². The molecule has 0 saturated heterocycles. The molecule has 1 heterocycles. The molecule has 0 radical (unpaired) electrons. The highest BCUT2D eigenvalue weighted by atomic mass is 16.7. The lowest BCUT2D eigenvalue weighted by Gasteiger charge is -2.60. The van der Waals surface area contributed by atoms with Crippen LogP contribution in [0.25, 0.3) is 0 Å². The highest BCUT2D eigenvalue weighted by Crippen LogP contribution is 2.68. The summed E-state index contributed by atoms with van der Waals surface area (Å²) in [5, 5.41) is 22.8. The summed E-state index contributed by atoms with van der Waals surface area (Å²) in [6.45, 7) is 4.25. The monoisotopic (exact) mass is 449 g/mol. The van der Waals surface area contributed by atoms with Crippen molar-refractivity contribution < 1.29 is 29.0 Å². The number of hydrogen-bond acceptors (Lipinski definition) is 7. The second-order valence-corrected chi connectivity index (χ2v) is 9.48. The Labute approximate surface area is 189 Å². The van der Waals surface area contributed by atoms with E-state index in [1.165, 1.54) is 24.3 Å². The number of ether oxygens (including phenoxy) is 3. The molecule has 33 heavy (non-hydrogen) atoms. The molecule has 8 nitrogen and oxygen atoms in total. The molecule has 2 aromatic rings. The van der Waals surface area contributed by atoms with Crippen molar-refractivity contribution in [2.75, 3.05) is 0 Å². The van der Waals surface area contributed by atoms with E-state index in [2.05, 4.69) is 6.58 Å². The molecular weight excluding hydrogens is 426 g/mol. The van der Waals surface area contributed by atoms with Gasteiger partial charge in [-0.2, -0.15) is 0 Å². The van der Waals surface area contributed by atoms with Crippen LogP contribution in [0.4, 0.5) is 10.5 Å². The van der Waals surface area contributed by atoms with Crippen LogP contribution in [0.2, 0.25) is 0 Å². The highest BCUT2D eigenvalue weighted by Gasteiger charge is 2.70. The van der Waals surface area contributed by atoms with E-state index < -0.39 is 22.1 Å². The van der Waals surface area contributed by atoms with Crippen LogP contribution in [0.5, 0.6) is 17.2 Å². The van der Waals surface area contributed by atoms with Gasteiger partial charge in [0.1, 0.15) is 11.9 Å². The predicted octanol–water partition coefficient (Wildman–Crippen LogP) is 4.61. The van der Waals surface area contributed by atoms with E-state index in [0.717, 1.165) is 42.4 Å². The molecular formula is C25H23NO7. The van der Waals surface area contributed by atoms with Gasteiger partial charge in [0, 0.05) is 17.7 Å². The maximum Gasteiger partial charge on any atom is 0.519 e. The molecule has 4 aliphatic rings. The second kappa shape index (κ2) is 6.81. The molecule has 1 N–H and O–H groups in total. The summed E-state index contributed by atoms with van der Waals surface area (Å²) in [7, 11) is 0. The summed E-state index contributed by atoms with van der Waals surface area (Å²) in [4.78, 5) is 22.8. The number of nitro benzene ring substituents is 1. The van der Waals surface area contributed by atoms with Gasteiger partial charge in [0.25, 0.3) is 5.69 Å². The fourth-order valence-electron chi connectivity index (χ4n) is 6.68. The van der Waals surface area contributed by atoms with Crippen LogP contribution < -0.4 is 14.2 Å². The van der Waals surface area contributed by atoms with Gasteiger partial charge in [-0.25, -0.2) is 4.79 Å². The summed E-state index contributed by atoms with van der Waals surface area (Å²) in [5.74, 6) is 1.04. The van der Waals surface area contributed by atoms with Gasteiger partial charge in [-0.1, -0.05) is 19.1 Å². The van der Waals surface area contributed by atoms with Crippen LogP contribution >= 0.6 is 0 Å². The smallest absolute Gasteiger partial charge is 0.481 e. The van der Waals surface area contributed by atoms with E-state index in [9.17, 15) is 20.0 Å². The number of nitro groups is 1. The molecule has 0 amide bonds. The summed E-state index contributed by atoms with van der Waals surface area (Å²) in [5.41, 5.74) is 1.53. The molecule has 0 aromatic heterocycles. The number of aliphatic hydroxyl groups is 1.